The average Bonchev–Trinajstić information content (AvgIpc) is 2.85. The van der Waals surface area contributed by atoms with Crippen molar-refractivity contribution in [1.82, 2.24) is 20.1 Å². The van der Waals surface area contributed by atoms with Crippen LogP contribution >= 0.6 is 11.6 Å². The van der Waals surface area contributed by atoms with E-state index in [1.807, 2.05) is 51.1 Å². The lowest BCUT2D eigenvalue weighted by atomic mass is 10.2. The van der Waals surface area contributed by atoms with Gasteiger partial charge in [0.25, 0.3) is 5.91 Å². The first kappa shape index (κ1) is 15.5. The van der Waals surface area contributed by atoms with Gasteiger partial charge in [0.05, 0.1) is 27.4 Å². The van der Waals surface area contributed by atoms with Crippen LogP contribution in [-0.2, 0) is 0 Å². The second-order valence-electron chi connectivity index (χ2n) is 5.65. The van der Waals surface area contributed by atoms with Crippen LogP contribution in [0.5, 0.6) is 0 Å². The number of aromatic nitrogens is 3. The third-order valence-electron chi connectivity index (χ3n) is 3.47. The van der Waals surface area contributed by atoms with Crippen LogP contribution in [0.15, 0.2) is 36.5 Å². The van der Waals surface area contributed by atoms with E-state index in [0.717, 1.165) is 11.4 Å². The van der Waals surface area contributed by atoms with Crippen molar-refractivity contribution < 1.29 is 4.79 Å². The van der Waals surface area contributed by atoms with Crippen molar-refractivity contribution in [2.45, 2.75) is 26.8 Å². The first-order chi connectivity index (χ1) is 11.0. The van der Waals surface area contributed by atoms with E-state index in [4.69, 9.17) is 11.6 Å². The smallest absolute Gasteiger partial charge is 0.254 e. The van der Waals surface area contributed by atoms with Crippen LogP contribution in [0.4, 0.5) is 0 Å². The number of nitrogens with zero attached hydrogens (tertiary/aromatic N) is 3. The maximum absolute atomic E-state index is 12.2. The average molecular weight is 329 g/mol. The molecule has 0 aliphatic carbocycles. The quantitative estimate of drug-likeness (QED) is 0.800. The number of halogens is 1. The summed E-state index contributed by atoms with van der Waals surface area (Å²) in [7, 11) is 0. The minimum atomic E-state index is -0.230. The molecule has 0 saturated carbocycles. The van der Waals surface area contributed by atoms with Gasteiger partial charge in [-0.05, 0) is 32.9 Å². The molecule has 0 spiro atoms. The highest BCUT2D eigenvalue weighted by Crippen LogP contribution is 2.29. The van der Waals surface area contributed by atoms with E-state index in [2.05, 4.69) is 15.4 Å². The Hall–Kier alpha value is -2.40. The normalized spacial score (nSPS) is 11.2. The Morgan fingerprint density at radius 1 is 1.26 bits per heavy atom. The van der Waals surface area contributed by atoms with E-state index in [9.17, 15) is 4.79 Å². The zero-order valence-corrected chi connectivity index (χ0v) is 13.9. The minimum Gasteiger partial charge on any atom is -0.350 e. The van der Waals surface area contributed by atoms with Crippen molar-refractivity contribution in [3.63, 3.8) is 0 Å². The van der Waals surface area contributed by atoms with Gasteiger partial charge in [0.2, 0.25) is 0 Å². The van der Waals surface area contributed by atoms with Crippen LogP contribution in [0, 0.1) is 6.92 Å². The van der Waals surface area contributed by atoms with Gasteiger partial charge < -0.3 is 5.32 Å². The lowest BCUT2D eigenvalue weighted by molar-refractivity contribution is 0.0943. The third kappa shape index (κ3) is 2.80. The first-order valence-corrected chi connectivity index (χ1v) is 7.77. The summed E-state index contributed by atoms with van der Waals surface area (Å²) in [6.07, 6.45) is 1.50. The standard InChI is InChI=1S/C17H17ClN4O/c1-10(2)20-17(23)13-9-19-16-14(15(13)18)11(3)21-22(16)12-7-5-4-6-8-12/h4-10H,1-3H3,(H,20,23). The molecule has 118 valence electrons. The number of carbonyl (C=O) groups excluding carboxylic acids is 1. The topological polar surface area (TPSA) is 59.8 Å². The molecule has 3 aromatic rings. The Balaban J connectivity index is 2.17. The number of benzene rings is 1. The maximum Gasteiger partial charge on any atom is 0.254 e. The molecule has 2 heterocycles. The van der Waals surface area contributed by atoms with Crippen molar-refractivity contribution in [3.8, 4) is 5.69 Å². The number of pyridine rings is 1. The molecular formula is C17H17ClN4O. The molecule has 0 aliphatic rings. The molecular weight excluding hydrogens is 312 g/mol. The number of carbonyl (C=O) groups is 1. The number of hydrogen-bond acceptors (Lipinski definition) is 3. The van der Waals surface area contributed by atoms with E-state index < -0.39 is 0 Å². The molecule has 1 aromatic carbocycles. The monoisotopic (exact) mass is 328 g/mol. The molecule has 0 fully saturated rings. The number of fused-ring (bicyclic) bond motifs is 1. The molecule has 3 rings (SSSR count). The Bertz CT molecular complexity index is 871. The van der Waals surface area contributed by atoms with E-state index in [0.29, 0.717) is 21.6 Å². The molecule has 0 unspecified atom stereocenters. The lowest BCUT2D eigenvalue weighted by Crippen LogP contribution is -2.30. The van der Waals surface area contributed by atoms with Crippen molar-refractivity contribution in [3.05, 3.63) is 52.8 Å². The fourth-order valence-electron chi connectivity index (χ4n) is 2.46. The van der Waals surface area contributed by atoms with Gasteiger partial charge >= 0.3 is 0 Å². The largest absolute Gasteiger partial charge is 0.350 e. The van der Waals surface area contributed by atoms with Crippen LogP contribution in [0.1, 0.15) is 29.9 Å². The Morgan fingerprint density at radius 3 is 2.61 bits per heavy atom. The first-order valence-electron chi connectivity index (χ1n) is 7.39. The summed E-state index contributed by atoms with van der Waals surface area (Å²) in [6, 6.07) is 9.73. The van der Waals surface area contributed by atoms with Crippen molar-refractivity contribution >= 4 is 28.5 Å². The molecule has 0 aliphatic heterocycles. The molecule has 6 heteroatoms. The summed E-state index contributed by atoms with van der Waals surface area (Å²) in [5.41, 5.74) is 2.64. The number of aryl methyl sites for hydroxylation is 1. The van der Waals surface area contributed by atoms with Gasteiger partial charge in [-0.1, -0.05) is 29.8 Å². The third-order valence-corrected chi connectivity index (χ3v) is 3.87. The van der Waals surface area contributed by atoms with E-state index in [1.165, 1.54) is 6.20 Å². The Morgan fingerprint density at radius 2 is 1.96 bits per heavy atom. The van der Waals surface area contributed by atoms with Gasteiger partial charge in [0.1, 0.15) is 0 Å². The van der Waals surface area contributed by atoms with Crippen molar-refractivity contribution in [2.75, 3.05) is 0 Å². The summed E-state index contributed by atoms with van der Waals surface area (Å²) in [5, 5.41) is 8.44. The van der Waals surface area contributed by atoms with Crippen molar-refractivity contribution in [1.29, 1.82) is 0 Å². The highest BCUT2D eigenvalue weighted by molar-refractivity contribution is 6.38. The number of rotatable bonds is 3. The second-order valence-corrected chi connectivity index (χ2v) is 6.02. The number of hydrogen-bond donors (Lipinski definition) is 1. The predicted octanol–water partition coefficient (Wildman–Crippen LogP) is 3.52. The highest BCUT2D eigenvalue weighted by atomic mass is 35.5. The van der Waals surface area contributed by atoms with E-state index in [1.54, 1.807) is 4.68 Å². The number of amides is 1. The molecule has 5 nitrogen and oxygen atoms in total. The summed E-state index contributed by atoms with van der Waals surface area (Å²) < 4.78 is 1.74. The molecule has 1 amide bonds. The van der Waals surface area contributed by atoms with Gasteiger partial charge in [-0.15, -0.1) is 0 Å². The second kappa shape index (κ2) is 6.01. The maximum atomic E-state index is 12.2. The van der Waals surface area contributed by atoms with Crippen LogP contribution in [0.3, 0.4) is 0 Å². The summed E-state index contributed by atoms with van der Waals surface area (Å²) in [5.74, 6) is -0.230. The van der Waals surface area contributed by atoms with Gasteiger partial charge in [0, 0.05) is 12.2 Å². The Labute approximate surface area is 139 Å². The zero-order chi connectivity index (χ0) is 16.6. The van der Waals surface area contributed by atoms with Gasteiger partial charge in [-0.2, -0.15) is 5.10 Å². The SMILES string of the molecule is Cc1nn(-c2ccccc2)c2ncc(C(=O)NC(C)C)c(Cl)c12. The molecule has 0 radical (unpaired) electrons. The highest BCUT2D eigenvalue weighted by Gasteiger charge is 2.20. The molecule has 0 bridgehead atoms. The van der Waals surface area contributed by atoms with E-state index >= 15 is 0 Å². The number of nitrogens with one attached hydrogen (secondary N) is 1. The van der Waals surface area contributed by atoms with Gasteiger partial charge in [-0.3, -0.25) is 4.79 Å². The van der Waals surface area contributed by atoms with Crippen LogP contribution < -0.4 is 5.32 Å². The van der Waals surface area contributed by atoms with Crippen LogP contribution in [0.25, 0.3) is 16.7 Å². The van der Waals surface area contributed by atoms with Crippen molar-refractivity contribution in [2.24, 2.45) is 0 Å². The lowest BCUT2D eigenvalue weighted by Gasteiger charge is -2.10. The zero-order valence-electron chi connectivity index (χ0n) is 13.2. The molecule has 23 heavy (non-hydrogen) atoms. The molecule has 2 aromatic heterocycles. The summed E-state index contributed by atoms with van der Waals surface area (Å²) in [6.45, 7) is 5.66. The molecule has 0 saturated heterocycles. The van der Waals surface area contributed by atoms with E-state index in [-0.39, 0.29) is 11.9 Å². The molecule has 0 atom stereocenters. The predicted molar refractivity (Wildman–Crippen MR) is 91.2 cm³/mol. The van der Waals surface area contributed by atoms with Gasteiger partial charge in [0.15, 0.2) is 5.65 Å². The molecule has 1 N–H and O–H groups in total. The number of para-hydroxylation sites is 1. The summed E-state index contributed by atoms with van der Waals surface area (Å²) in [4.78, 5) is 16.7. The fraction of sp³-hybridized carbons (Fsp3) is 0.235. The Kier molecular flexibility index (Phi) is 4.05. The van der Waals surface area contributed by atoms with Crippen LogP contribution in [-0.4, -0.2) is 26.7 Å². The summed E-state index contributed by atoms with van der Waals surface area (Å²) >= 11 is 6.47. The van der Waals surface area contributed by atoms with Crippen LogP contribution in [0.2, 0.25) is 5.02 Å². The van der Waals surface area contributed by atoms with Gasteiger partial charge in [-0.25, -0.2) is 9.67 Å². The minimum absolute atomic E-state index is 0.0300. The fourth-order valence-corrected chi connectivity index (χ4v) is 2.81.